The van der Waals surface area contributed by atoms with Gasteiger partial charge in [0.1, 0.15) is 0 Å². The maximum Gasteiger partial charge on any atom is 0.0252 e. The topological polar surface area (TPSA) is 15.3 Å². The highest BCUT2D eigenvalue weighted by atomic mass is 15.2. The first-order valence-corrected chi connectivity index (χ1v) is 9.69. The molecule has 3 atom stereocenters. The summed E-state index contributed by atoms with van der Waals surface area (Å²) in [7, 11) is 0. The van der Waals surface area contributed by atoms with E-state index >= 15 is 0 Å². The quantitative estimate of drug-likeness (QED) is 0.806. The summed E-state index contributed by atoms with van der Waals surface area (Å²) in [5.41, 5.74) is 0. The minimum absolute atomic E-state index is 0.749. The zero-order valence-corrected chi connectivity index (χ0v) is 14.7. The standard InChI is InChI=1S/C19H38N2/c1-4-12-20-18-11-10-17(16(2)3)15-19(18)21-13-8-6-5-7-9-14-21/h16-20H,4-15H2,1-3H3. The smallest absolute Gasteiger partial charge is 0.0252 e. The van der Waals surface area contributed by atoms with E-state index in [0.29, 0.717) is 0 Å². The second kappa shape index (κ2) is 9.15. The van der Waals surface area contributed by atoms with Crippen molar-refractivity contribution in [2.75, 3.05) is 19.6 Å². The largest absolute Gasteiger partial charge is 0.312 e. The lowest BCUT2D eigenvalue weighted by molar-refractivity contribution is 0.0763. The van der Waals surface area contributed by atoms with E-state index in [9.17, 15) is 0 Å². The van der Waals surface area contributed by atoms with E-state index in [2.05, 4.69) is 31.0 Å². The van der Waals surface area contributed by atoms with Crippen molar-refractivity contribution in [1.29, 1.82) is 0 Å². The van der Waals surface area contributed by atoms with Crippen molar-refractivity contribution < 1.29 is 0 Å². The Bertz CT molecular complexity index is 269. The monoisotopic (exact) mass is 294 g/mol. The van der Waals surface area contributed by atoms with Gasteiger partial charge in [-0.05, 0) is 70.0 Å². The molecule has 1 heterocycles. The first-order chi connectivity index (χ1) is 10.2. The molecule has 1 aliphatic heterocycles. The van der Waals surface area contributed by atoms with Gasteiger partial charge in [-0.25, -0.2) is 0 Å². The average Bonchev–Trinajstić information content (AvgIpc) is 2.45. The lowest BCUT2D eigenvalue weighted by Gasteiger charge is -2.45. The van der Waals surface area contributed by atoms with E-state index in [1.807, 2.05) is 0 Å². The summed E-state index contributed by atoms with van der Waals surface area (Å²) in [6.07, 6.45) is 12.7. The molecule has 2 heteroatoms. The van der Waals surface area contributed by atoms with Crippen LogP contribution in [-0.4, -0.2) is 36.6 Å². The third kappa shape index (κ3) is 5.25. The van der Waals surface area contributed by atoms with Gasteiger partial charge in [0, 0.05) is 12.1 Å². The maximum absolute atomic E-state index is 3.87. The number of hydrogen-bond acceptors (Lipinski definition) is 2. The second-order valence-corrected chi connectivity index (χ2v) is 7.75. The number of nitrogens with one attached hydrogen (secondary N) is 1. The molecule has 0 spiro atoms. The predicted octanol–water partition coefficient (Wildman–Crippen LogP) is 4.45. The van der Waals surface area contributed by atoms with Gasteiger partial charge >= 0.3 is 0 Å². The molecule has 2 aliphatic rings. The van der Waals surface area contributed by atoms with Crippen LogP contribution in [0.4, 0.5) is 0 Å². The van der Waals surface area contributed by atoms with Crippen LogP contribution < -0.4 is 5.32 Å². The summed E-state index contributed by atoms with van der Waals surface area (Å²) >= 11 is 0. The third-order valence-corrected chi connectivity index (χ3v) is 5.82. The summed E-state index contributed by atoms with van der Waals surface area (Å²) in [6, 6.07) is 1.55. The van der Waals surface area contributed by atoms with Gasteiger partial charge in [-0.15, -0.1) is 0 Å². The van der Waals surface area contributed by atoms with Gasteiger partial charge in [-0.1, -0.05) is 40.0 Å². The molecular weight excluding hydrogens is 256 g/mol. The van der Waals surface area contributed by atoms with E-state index in [0.717, 1.165) is 23.9 Å². The zero-order chi connectivity index (χ0) is 15.1. The number of likely N-dealkylation sites (tertiary alicyclic amines) is 1. The molecular formula is C19H38N2. The number of rotatable bonds is 5. The molecule has 0 bridgehead atoms. The van der Waals surface area contributed by atoms with Gasteiger partial charge in [-0.2, -0.15) is 0 Å². The van der Waals surface area contributed by atoms with Gasteiger partial charge in [0.25, 0.3) is 0 Å². The SMILES string of the molecule is CCCNC1CCC(C(C)C)CC1N1CCCCCCC1. The van der Waals surface area contributed by atoms with Crippen molar-refractivity contribution in [3.8, 4) is 0 Å². The van der Waals surface area contributed by atoms with Crippen molar-refractivity contribution in [2.24, 2.45) is 11.8 Å². The molecule has 3 unspecified atom stereocenters. The Hall–Kier alpha value is -0.0800. The summed E-state index contributed by atoms with van der Waals surface area (Å²) in [4.78, 5) is 2.86. The van der Waals surface area contributed by atoms with Gasteiger partial charge in [0.05, 0.1) is 0 Å². The Balaban J connectivity index is 1.99. The molecule has 0 aromatic carbocycles. The highest BCUT2D eigenvalue weighted by molar-refractivity contribution is 4.92. The molecule has 1 N–H and O–H groups in total. The fourth-order valence-corrected chi connectivity index (χ4v) is 4.36. The molecule has 1 aliphatic carbocycles. The van der Waals surface area contributed by atoms with Gasteiger partial charge < -0.3 is 5.32 Å². The molecule has 2 rings (SSSR count). The van der Waals surface area contributed by atoms with E-state index in [1.54, 1.807) is 0 Å². The van der Waals surface area contributed by atoms with Crippen LogP contribution in [0, 0.1) is 11.8 Å². The van der Waals surface area contributed by atoms with Gasteiger partial charge in [-0.3, -0.25) is 4.90 Å². The van der Waals surface area contributed by atoms with E-state index < -0.39 is 0 Å². The van der Waals surface area contributed by atoms with Crippen LogP contribution in [-0.2, 0) is 0 Å². The average molecular weight is 295 g/mol. The molecule has 0 amide bonds. The highest BCUT2D eigenvalue weighted by Gasteiger charge is 2.34. The minimum atomic E-state index is 0.749. The molecule has 0 aromatic heterocycles. The van der Waals surface area contributed by atoms with Gasteiger partial charge in [0.2, 0.25) is 0 Å². The second-order valence-electron chi connectivity index (χ2n) is 7.75. The normalized spacial score (nSPS) is 32.9. The molecule has 0 radical (unpaired) electrons. The molecule has 0 aromatic rings. The zero-order valence-electron chi connectivity index (χ0n) is 14.7. The Morgan fingerprint density at radius 2 is 1.67 bits per heavy atom. The third-order valence-electron chi connectivity index (χ3n) is 5.82. The highest BCUT2D eigenvalue weighted by Crippen LogP contribution is 2.33. The van der Waals surface area contributed by atoms with Crippen molar-refractivity contribution in [3.63, 3.8) is 0 Å². The lowest BCUT2D eigenvalue weighted by atomic mass is 9.76. The molecule has 21 heavy (non-hydrogen) atoms. The van der Waals surface area contributed by atoms with Crippen LogP contribution in [0.2, 0.25) is 0 Å². The van der Waals surface area contributed by atoms with Crippen LogP contribution in [0.5, 0.6) is 0 Å². The Kier molecular flexibility index (Phi) is 7.53. The molecule has 1 saturated carbocycles. The number of nitrogens with zero attached hydrogens (tertiary/aromatic N) is 1. The van der Waals surface area contributed by atoms with Crippen LogP contribution in [0.15, 0.2) is 0 Å². The van der Waals surface area contributed by atoms with Crippen LogP contribution in [0.1, 0.15) is 78.6 Å². The Labute approximate surface area is 133 Å². The van der Waals surface area contributed by atoms with Crippen LogP contribution in [0.25, 0.3) is 0 Å². The van der Waals surface area contributed by atoms with Crippen molar-refractivity contribution in [1.82, 2.24) is 10.2 Å². The minimum Gasteiger partial charge on any atom is -0.312 e. The summed E-state index contributed by atoms with van der Waals surface area (Å²) in [6.45, 7) is 11.0. The van der Waals surface area contributed by atoms with Crippen LogP contribution in [0.3, 0.4) is 0 Å². The van der Waals surface area contributed by atoms with E-state index in [-0.39, 0.29) is 0 Å². The van der Waals surface area contributed by atoms with Crippen molar-refractivity contribution in [3.05, 3.63) is 0 Å². The van der Waals surface area contributed by atoms with Crippen molar-refractivity contribution >= 4 is 0 Å². The molecule has 2 fully saturated rings. The maximum atomic E-state index is 3.87. The van der Waals surface area contributed by atoms with E-state index in [4.69, 9.17) is 0 Å². The Morgan fingerprint density at radius 3 is 2.29 bits per heavy atom. The lowest BCUT2D eigenvalue weighted by Crippen LogP contribution is -2.54. The number of hydrogen-bond donors (Lipinski definition) is 1. The van der Waals surface area contributed by atoms with E-state index in [1.165, 1.54) is 77.4 Å². The summed E-state index contributed by atoms with van der Waals surface area (Å²) in [5, 5.41) is 3.87. The fraction of sp³-hybridized carbons (Fsp3) is 1.00. The predicted molar refractivity (Wildman–Crippen MR) is 92.7 cm³/mol. The first-order valence-electron chi connectivity index (χ1n) is 9.69. The van der Waals surface area contributed by atoms with Gasteiger partial charge in [0.15, 0.2) is 0 Å². The summed E-state index contributed by atoms with van der Waals surface area (Å²) in [5.74, 6) is 1.80. The molecule has 1 saturated heterocycles. The summed E-state index contributed by atoms with van der Waals surface area (Å²) < 4.78 is 0. The Morgan fingerprint density at radius 1 is 1.00 bits per heavy atom. The first kappa shape index (κ1) is 17.3. The van der Waals surface area contributed by atoms with Crippen molar-refractivity contribution in [2.45, 2.75) is 90.6 Å². The van der Waals surface area contributed by atoms with Crippen LogP contribution >= 0.6 is 0 Å². The fourth-order valence-electron chi connectivity index (χ4n) is 4.36. The molecule has 124 valence electrons. The molecule has 2 nitrogen and oxygen atoms in total.